The summed E-state index contributed by atoms with van der Waals surface area (Å²) in [7, 11) is 0. The topological polar surface area (TPSA) is 125 Å². The Morgan fingerprint density at radius 3 is 2.45 bits per heavy atom. The fraction of sp³-hybridized carbons (Fsp3) is 0.750. The molecule has 0 radical (unpaired) electrons. The zero-order valence-corrected chi connectivity index (χ0v) is 11.6. The third-order valence-electron chi connectivity index (χ3n) is 2.42. The Kier molecular flexibility index (Phi) is 10.0. The molecule has 0 aromatic heterocycles. The van der Waals surface area contributed by atoms with Gasteiger partial charge in [-0.25, -0.2) is 9.59 Å². The maximum atomic E-state index is 11.4. The van der Waals surface area contributed by atoms with Crippen molar-refractivity contribution in [1.82, 2.24) is 10.6 Å². The molecule has 0 aliphatic rings. The third kappa shape index (κ3) is 10.1. The van der Waals surface area contributed by atoms with Crippen LogP contribution in [-0.4, -0.2) is 54.0 Å². The summed E-state index contributed by atoms with van der Waals surface area (Å²) in [6.07, 6.45) is 1.49. The van der Waals surface area contributed by atoms with E-state index < -0.39 is 24.0 Å². The molecule has 0 fully saturated rings. The number of hydrogen-bond acceptors (Lipinski definition) is 4. The minimum absolute atomic E-state index is 0.162. The summed E-state index contributed by atoms with van der Waals surface area (Å²) < 4.78 is 5.22. The molecular formula is C12H22N2O6. The Morgan fingerprint density at radius 1 is 1.20 bits per heavy atom. The molecule has 20 heavy (non-hydrogen) atoms. The number of carboxylic acids is 2. The molecule has 0 heterocycles. The number of aliphatic carboxylic acids is 2. The van der Waals surface area contributed by atoms with E-state index in [1.807, 2.05) is 6.92 Å². The summed E-state index contributed by atoms with van der Waals surface area (Å²) in [5.74, 6) is -2.37. The van der Waals surface area contributed by atoms with Crippen molar-refractivity contribution in [3.63, 3.8) is 0 Å². The Morgan fingerprint density at radius 2 is 1.90 bits per heavy atom. The number of carbonyl (C=O) groups excluding carboxylic acids is 1. The molecule has 0 saturated carbocycles. The Balaban J connectivity index is 3.84. The normalized spacial score (nSPS) is 11.7. The second kappa shape index (κ2) is 11.0. The van der Waals surface area contributed by atoms with Gasteiger partial charge in [0, 0.05) is 19.6 Å². The van der Waals surface area contributed by atoms with Gasteiger partial charge in [-0.1, -0.05) is 13.3 Å². The average molecular weight is 290 g/mol. The lowest BCUT2D eigenvalue weighted by Crippen LogP contribution is -2.46. The van der Waals surface area contributed by atoms with Crippen molar-refractivity contribution in [2.75, 3.05) is 19.8 Å². The van der Waals surface area contributed by atoms with Crippen LogP contribution in [0.4, 0.5) is 4.79 Å². The van der Waals surface area contributed by atoms with Gasteiger partial charge in [-0.05, 0) is 12.8 Å². The van der Waals surface area contributed by atoms with Crippen LogP contribution in [-0.2, 0) is 14.3 Å². The van der Waals surface area contributed by atoms with Gasteiger partial charge in [0.25, 0.3) is 0 Å². The maximum Gasteiger partial charge on any atom is 0.326 e. The molecule has 0 spiro atoms. The van der Waals surface area contributed by atoms with Crippen molar-refractivity contribution in [1.29, 1.82) is 0 Å². The molecule has 1 unspecified atom stereocenters. The molecule has 0 rings (SSSR count). The summed E-state index contributed by atoms with van der Waals surface area (Å²) >= 11 is 0. The number of carboxylic acid groups (broad SMARTS) is 2. The highest BCUT2D eigenvalue weighted by molar-refractivity contribution is 5.82. The van der Waals surface area contributed by atoms with Gasteiger partial charge in [0.05, 0.1) is 6.61 Å². The molecule has 0 aliphatic heterocycles. The molecule has 8 heteroatoms. The molecular weight excluding hydrogens is 268 g/mol. The second-order valence-electron chi connectivity index (χ2n) is 4.19. The minimum Gasteiger partial charge on any atom is -0.481 e. The lowest BCUT2D eigenvalue weighted by Gasteiger charge is -2.14. The number of unbranched alkanes of at least 4 members (excludes halogenated alkanes) is 1. The van der Waals surface area contributed by atoms with Crippen molar-refractivity contribution >= 4 is 18.0 Å². The highest BCUT2D eigenvalue weighted by Gasteiger charge is 2.20. The maximum absolute atomic E-state index is 11.4. The average Bonchev–Trinajstić information content (AvgIpc) is 2.38. The second-order valence-corrected chi connectivity index (χ2v) is 4.19. The van der Waals surface area contributed by atoms with E-state index in [-0.39, 0.29) is 19.4 Å². The van der Waals surface area contributed by atoms with Crippen LogP contribution in [0.25, 0.3) is 0 Å². The quantitative estimate of drug-likeness (QED) is 0.409. The van der Waals surface area contributed by atoms with Gasteiger partial charge in [-0.2, -0.15) is 0 Å². The molecule has 116 valence electrons. The summed E-state index contributed by atoms with van der Waals surface area (Å²) in [4.78, 5) is 32.6. The number of hydrogen-bond donors (Lipinski definition) is 4. The van der Waals surface area contributed by atoms with E-state index in [0.717, 1.165) is 12.8 Å². The summed E-state index contributed by atoms with van der Waals surface area (Å²) in [6.45, 7) is 3.27. The van der Waals surface area contributed by atoms with Crippen LogP contribution >= 0.6 is 0 Å². The Labute approximate surface area is 117 Å². The van der Waals surface area contributed by atoms with Gasteiger partial charge in [0.15, 0.2) is 0 Å². The van der Waals surface area contributed by atoms with Gasteiger partial charge in [-0.3, -0.25) is 4.79 Å². The van der Waals surface area contributed by atoms with E-state index in [4.69, 9.17) is 14.9 Å². The first-order chi connectivity index (χ1) is 9.47. The van der Waals surface area contributed by atoms with E-state index >= 15 is 0 Å². The van der Waals surface area contributed by atoms with Crippen LogP contribution < -0.4 is 10.6 Å². The van der Waals surface area contributed by atoms with Gasteiger partial charge < -0.3 is 25.6 Å². The number of nitrogens with one attached hydrogen (secondary N) is 2. The fourth-order valence-corrected chi connectivity index (χ4v) is 1.32. The van der Waals surface area contributed by atoms with Crippen LogP contribution in [0.2, 0.25) is 0 Å². The smallest absolute Gasteiger partial charge is 0.326 e. The van der Waals surface area contributed by atoms with Crippen LogP contribution in [0.1, 0.15) is 32.6 Å². The zero-order valence-electron chi connectivity index (χ0n) is 11.6. The molecule has 4 N–H and O–H groups in total. The largest absolute Gasteiger partial charge is 0.481 e. The lowest BCUT2D eigenvalue weighted by molar-refractivity contribution is -0.140. The van der Waals surface area contributed by atoms with Crippen molar-refractivity contribution in [2.45, 2.75) is 38.6 Å². The van der Waals surface area contributed by atoms with E-state index in [0.29, 0.717) is 13.2 Å². The number of carbonyl (C=O) groups is 3. The highest BCUT2D eigenvalue weighted by Crippen LogP contribution is 1.97. The highest BCUT2D eigenvalue weighted by atomic mass is 16.5. The number of ether oxygens (including phenoxy) is 1. The van der Waals surface area contributed by atoms with Crippen molar-refractivity contribution in [2.24, 2.45) is 0 Å². The van der Waals surface area contributed by atoms with E-state index in [2.05, 4.69) is 10.6 Å². The number of rotatable bonds is 11. The summed E-state index contributed by atoms with van der Waals surface area (Å²) in [5.41, 5.74) is 0. The minimum atomic E-state index is -1.26. The van der Waals surface area contributed by atoms with Crippen LogP contribution in [0.15, 0.2) is 0 Å². The first kappa shape index (κ1) is 18.2. The summed E-state index contributed by atoms with van der Waals surface area (Å²) in [5, 5.41) is 22.0. The molecule has 1 atom stereocenters. The fourth-order valence-electron chi connectivity index (χ4n) is 1.32. The predicted octanol–water partition coefficient (Wildman–Crippen LogP) is 0.420. The van der Waals surface area contributed by atoms with Crippen LogP contribution in [0.5, 0.6) is 0 Å². The van der Waals surface area contributed by atoms with E-state index in [1.165, 1.54) is 0 Å². The van der Waals surface area contributed by atoms with Crippen molar-refractivity contribution < 1.29 is 29.3 Å². The molecule has 0 aliphatic carbocycles. The van der Waals surface area contributed by atoms with Crippen LogP contribution in [0.3, 0.4) is 0 Å². The lowest BCUT2D eigenvalue weighted by atomic mass is 10.1. The standard InChI is InChI=1S/C12H22N2O6/c1-2-3-7-20-8-6-13-12(19)14-9(11(17)18)4-5-10(15)16/h9H,2-8H2,1H3,(H,15,16)(H,17,18)(H2,13,14,19). The monoisotopic (exact) mass is 290 g/mol. The van der Waals surface area contributed by atoms with Gasteiger partial charge in [0.1, 0.15) is 6.04 Å². The van der Waals surface area contributed by atoms with Crippen LogP contribution in [0, 0.1) is 0 Å². The Hall–Kier alpha value is -1.83. The molecule has 0 aromatic rings. The van der Waals surface area contributed by atoms with Gasteiger partial charge in [-0.15, -0.1) is 0 Å². The molecule has 8 nitrogen and oxygen atoms in total. The van der Waals surface area contributed by atoms with Crippen molar-refractivity contribution in [3.8, 4) is 0 Å². The summed E-state index contributed by atoms with van der Waals surface area (Å²) in [6, 6.07) is -1.87. The van der Waals surface area contributed by atoms with Crippen molar-refractivity contribution in [3.05, 3.63) is 0 Å². The molecule has 0 aromatic carbocycles. The number of amides is 2. The number of urea groups is 1. The first-order valence-electron chi connectivity index (χ1n) is 6.54. The molecule has 0 saturated heterocycles. The molecule has 2 amide bonds. The Bertz CT molecular complexity index is 321. The van der Waals surface area contributed by atoms with E-state index in [1.54, 1.807) is 0 Å². The SMILES string of the molecule is CCCCOCCNC(=O)NC(CCC(=O)O)C(=O)O. The van der Waals surface area contributed by atoms with Gasteiger partial charge in [0.2, 0.25) is 0 Å². The third-order valence-corrected chi connectivity index (χ3v) is 2.42. The first-order valence-corrected chi connectivity index (χ1v) is 6.54. The predicted molar refractivity (Wildman–Crippen MR) is 70.6 cm³/mol. The van der Waals surface area contributed by atoms with Gasteiger partial charge >= 0.3 is 18.0 Å². The van der Waals surface area contributed by atoms with E-state index in [9.17, 15) is 14.4 Å². The molecule has 0 bridgehead atoms. The zero-order chi connectivity index (χ0) is 15.4.